The predicted octanol–water partition coefficient (Wildman–Crippen LogP) is 8.96. The van der Waals surface area contributed by atoms with Gasteiger partial charge in [0.25, 0.3) is 30.4 Å². The summed E-state index contributed by atoms with van der Waals surface area (Å²) >= 11 is 0. The Balaban J connectivity index is 0.824. The van der Waals surface area contributed by atoms with E-state index in [1.165, 1.54) is 30.6 Å². The number of fused-ring (bicyclic) bond motifs is 7. The van der Waals surface area contributed by atoms with Crippen LogP contribution < -0.4 is 20.3 Å². The third-order valence-corrected chi connectivity index (χ3v) is 22.5. The van der Waals surface area contributed by atoms with Crippen LogP contribution in [0.25, 0.3) is 21.5 Å². The first-order valence-corrected chi connectivity index (χ1v) is 37.3. The van der Waals surface area contributed by atoms with Crippen LogP contribution in [0.4, 0.5) is 22.0 Å². The molecule has 2 aromatic heterocycles. The molecule has 0 saturated carbocycles. The smallest absolute Gasteiger partial charge is 0.320 e. The van der Waals surface area contributed by atoms with Gasteiger partial charge < -0.3 is 30.1 Å². The number of urea groups is 1. The molecule has 27 heteroatoms. The Morgan fingerprint density at radius 1 is 0.840 bits per heavy atom. The Hall–Kier alpha value is -7.63. The van der Waals surface area contributed by atoms with Crippen LogP contribution in [0.3, 0.4) is 0 Å². The summed E-state index contributed by atoms with van der Waals surface area (Å²) in [6, 6.07) is 21.4. The average Bonchev–Trinajstić information content (AvgIpc) is 1.55. The number of carbonyl (C=O) groups is 2. The highest BCUT2D eigenvalue weighted by atomic mass is 32.2. The van der Waals surface area contributed by atoms with Crippen molar-refractivity contribution in [3.05, 3.63) is 162 Å². The lowest BCUT2D eigenvalue weighted by Crippen LogP contribution is -2.34. The Morgan fingerprint density at radius 2 is 1.60 bits per heavy atom. The van der Waals surface area contributed by atoms with Gasteiger partial charge in [0, 0.05) is 124 Å². The second-order valence-corrected chi connectivity index (χ2v) is 31.7. The van der Waals surface area contributed by atoms with Crippen LogP contribution in [-0.2, 0) is 75.4 Å². The normalized spacial score (nSPS) is 17.3. The molecule has 94 heavy (non-hydrogen) atoms. The van der Waals surface area contributed by atoms with Gasteiger partial charge in [-0.15, -0.1) is 0 Å². The van der Waals surface area contributed by atoms with Crippen molar-refractivity contribution in [3.8, 4) is 5.88 Å². The Morgan fingerprint density at radius 3 is 2.32 bits per heavy atom. The van der Waals surface area contributed by atoms with Gasteiger partial charge in [0.1, 0.15) is 12.4 Å². The van der Waals surface area contributed by atoms with E-state index in [1.54, 1.807) is 64.5 Å². The minimum absolute atomic E-state index is 0.0359. The van der Waals surface area contributed by atoms with Gasteiger partial charge in [-0.1, -0.05) is 62.4 Å². The van der Waals surface area contributed by atoms with Crippen molar-refractivity contribution in [3.63, 3.8) is 0 Å². The van der Waals surface area contributed by atoms with Crippen LogP contribution in [0.15, 0.2) is 131 Å². The molecule has 6 heterocycles. The molecular formula is C67H80N9O14S4+. The second kappa shape index (κ2) is 27.6. The Kier molecular flexibility index (Phi) is 20.3. The Bertz CT molecular complexity index is 4550. The third-order valence-electron chi connectivity index (χ3n) is 18.1. The molecule has 0 unspecified atom stereocenters. The maximum atomic E-state index is 14.6. The first-order chi connectivity index (χ1) is 44.4. The van der Waals surface area contributed by atoms with Gasteiger partial charge in [-0.05, 0) is 140 Å². The summed E-state index contributed by atoms with van der Waals surface area (Å²) in [5.41, 5.74) is 6.27. The summed E-state index contributed by atoms with van der Waals surface area (Å²) in [7, 11) is -14.3. The fraction of sp³-hybridized carbons (Fsp3) is 0.403. The van der Waals surface area contributed by atoms with Crippen LogP contribution in [0.5, 0.6) is 5.88 Å². The van der Waals surface area contributed by atoms with Crippen molar-refractivity contribution >= 4 is 96.8 Å². The summed E-state index contributed by atoms with van der Waals surface area (Å²) < 4.78 is 139. The topological polar surface area (TPSA) is 306 Å². The molecule has 23 nitrogen and oxygen atoms in total. The lowest BCUT2D eigenvalue weighted by atomic mass is 9.79. The maximum Gasteiger partial charge on any atom is 0.320 e. The van der Waals surface area contributed by atoms with Crippen LogP contribution in [-0.4, -0.2) is 165 Å². The number of amides is 3. The SMILES string of the molecule is [CH][C@@H](c1ccc(OC)nc1)N1CCN(CCCc2nc3c(cc2CNC(=O)CCCN(C)S(=O)(=O)c2cccc4c5c(ccc24)N(CCCS(=O)(=O)O)/C(=C/C=C/C=C/C2=[N+](CCCS(=O)(=O)O)c4ccc6ccc(S(=O)(=O)O)cc6c4C2(C)C)C5(C)C)CCCN3)C1=O. The second-order valence-electron chi connectivity index (χ2n) is 25.1. The number of nitrogens with one attached hydrogen (secondary N) is 2. The number of nitrogens with zero attached hydrogens (tertiary/aromatic N) is 7. The molecule has 1 atom stereocenters. The molecule has 2 radical (unpaired) electrons. The van der Waals surface area contributed by atoms with Gasteiger partial charge in [-0.2, -0.15) is 29.8 Å². The molecule has 5 N–H and O–H groups in total. The highest BCUT2D eigenvalue weighted by Crippen LogP contribution is 2.52. The largest absolute Gasteiger partial charge is 0.481 e. The van der Waals surface area contributed by atoms with Crippen molar-refractivity contribution in [1.29, 1.82) is 0 Å². The van der Waals surface area contributed by atoms with Crippen molar-refractivity contribution in [2.24, 2.45) is 0 Å². The zero-order valence-electron chi connectivity index (χ0n) is 53.4. The fourth-order valence-electron chi connectivity index (χ4n) is 13.4. The number of ether oxygens (including phenoxy) is 1. The van der Waals surface area contributed by atoms with Crippen molar-refractivity contribution in [1.82, 2.24) is 29.4 Å². The molecule has 0 spiro atoms. The molecule has 4 aliphatic rings. The highest BCUT2D eigenvalue weighted by Gasteiger charge is 2.46. The fourth-order valence-corrected chi connectivity index (χ4v) is 16.3. The minimum Gasteiger partial charge on any atom is -0.481 e. The number of pyridine rings is 2. The molecule has 10 rings (SSSR count). The third kappa shape index (κ3) is 14.9. The number of hydrogen-bond acceptors (Lipinski definition) is 15. The number of hydrogen-bond donors (Lipinski definition) is 5. The van der Waals surface area contributed by atoms with E-state index in [2.05, 4.69) is 21.7 Å². The van der Waals surface area contributed by atoms with Crippen molar-refractivity contribution in [2.75, 3.05) is 81.7 Å². The van der Waals surface area contributed by atoms with Crippen molar-refractivity contribution in [2.45, 2.75) is 112 Å². The zero-order chi connectivity index (χ0) is 67.7. The van der Waals surface area contributed by atoms with E-state index in [-0.39, 0.29) is 73.6 Å². The first kappa shape index (κ1) is 69.2. The summed E-state index contributed by atoms with van der Waals surface area (Å²) in [6.45, 7) is 17.3. The highest BCUT2D eigenvalue weighted by molar-refractivity contribution is 7.89. The quantitative estimate of drug-likeness (QED) is 0.0182. The van der Waals surface area contributed by atoms with E-state index in [9.17, 15) is 56.9 Å². The van der Waals surface area contributed by atoms with E-state index >= 15 is 0 Å². The maximum absolute atomic E-state index is 14.6. The summed E-state index contributed by atoms with van der Waals surface area (Å²) in [6.07, 6.45) is 14.1. The summed E-state index contributed by atoms with van der Waals surface area (Å²) in [5, 5.41) is 8.85. The van der Waals surface area contributed by atoms with E-state index in [1.807, 2.05) is 79.7 Å². The van der Waals surface area contributed by atoms with E-state index in [0.717, 1.165) is 69.9 Å². The predicted molar refractivity (Wildman–Crippen MR) is 361 cm³/mol. The molecule has 500 valence electrons. The number of aryl methyl sites for hydroxylation is 2. The van der Waals surface area contributed by atoms with Gasteiger partial charge in [0.05, 0.1) is 39.9 Å². The van der Waals surface area contributed by atoms with E-state index in [0.29, 0.717) is 71.5 Å². The van der Waals surface area contributed by atoms with Crippen LogP contribution in [0, 0.1) is 6.92 Å². The molecule has 1 saturated heterocycles. The number of rotatable bonds is 27. The first-order valence-electron chi connectivity index (χ1n) is 31.2. The molecule has 4 aromatic carbocycles. The van der Waals surface area contributed by atoms with Gasteiger partial charge in [-0.3, -0.25) is 18.5 Å². The molecule has 3 amide bonds. The van der Waals surface area contributed by atoms with Gasteiger partial charge in [-0.25, -0.2) is 27.5 Å². The minimum atomic E-state index is -4.56. The lowest BCUT2D eigenvalue weighted by molar-refractivity contribution is -0.437. The number of benzene rings is 4. The molecule has 0 aliphatic carbocycles. The van der Waals surface area contributed by atoms with Crippen LogP contribution >= 0.6 is 0 Å². The van der Waals surface area contributed by atoms with Crippen LogP contribution in [0.2, 0.25) is 0 Å². The number of methoxy groups -OCH3 is 1. The standard InChI is InChI=1S/C67H79N9O14S4/c1-45(48-26-31-61(90-7)70-43-48)74-38-37-73(65(74)78)34-13-19-54-49(41-47-17-12-32-68-64(47)71-54)44-69-60(77)23-14-33-72(6)93(85,86)57-20-11-18-52-51(57)28-30-56-62(52)66(2,3)58(76(56)36-16-40-92(82,83)84)21-9-8-10-22-59-67(4,5)63-53-42-50(94(87,88)89)27-24-46(53)25-29-55(63)75(59)35-15-39-91(79,80)81/h1,8-11,18,20-22,24-31,41-43,45H,12-17,19,23,32-40,44H2,2-7H3,(H4-,68,69,71,77,79,80,81,82,83,84,87,88,89)/p+1/t45-/m0/s1. The molecule has 4 aliphatic heterocycles. The number of sulfonamides is 1. The number of allylic oxidation sites excluding steroid dienone is 6. The molecular weight excluding hydrogens is 1280 g/mol. The number of anilines is 2. The monoisotopic (exact) mass is 1360 g/mol. The zero-order valence-corrected chi connectivity index (χ0v) is 56.7. The van der Waals surface area contributed by atoms with E-state index in [4.69, 9.17) is 16.6 Å². The number of carbonyl (C=O) groups excluding carboxylic acids is 2. The number of aromatic nitrogens is 2. The van der Waals surface area contributed by atoms with Crippen LogP contribution in [0.1, 0.15) is 106 Å². The lowest BCUT2D eigenvalue weighted by Gasteiger charge is -2.27. The molecule has 6 aromatic rings. The van der Waals surface area contributed by atoms with Gasteiger partial charge in [0.15, 0.2) is 5.71 Å². The van der Waals surface area contributed by atoms with Gasteiger partial charge >= 0.3 is 6.03 Å². The van der Waals surface area contributed by atoms with Gasteiger partial charge in [0.2, 0.25) is 27.5 Å². The average molecular weight is 1360 g/mol. The summed E-state index contributed by atoms with van der Waals surface area (Å²) in [4.78, 5) is 41.4. The summed E-state index contributed by atoms with van der Waals surface area (Å²) in [5.74, 6) is 0.0134. The van der Waals surface area contributed by atoms with Crippen molar-refractivity contribution < 1.29 is 66.2 Å². The molecule has 1 fully saturated rings. The molecule has 0 bridgehead atoms. The van der Waals surface area contributed by atoms with E-state index < -0.39 is 68.8 Å². The Labute approximate surface area is 550 Å².